The Kier molecular flexibility index (Phi) is 6.78. The van der Waals surface area contributed by atoms with Crippen LogP contribution in [0.2, 0.25) is 0 Å². The minimum absolute atomic E-state index is 0.0792. The summed E-state index contributed by atoms with van der Waals surface area (Å²) < 4.78 is 42.3. The third kappa shape index (κ3) is 5.19. The molecule has 1 atom stereocenters. The molecule has 3 aromatic heterocycles. The fourth-order valence-electron chi connectivity index (χ4n) is 4.22. The van der Waals surface area contributed by atoms with Crippen molar-refractivity contribution in [1.29, 1.82) is 0 Å². The van der Waals surface area contributed by atoms with Crippen LogP contribution in [-0.4, -0.2) is 25.8 Å². The molecule has 0 aliphatic heterocycles. The number of carbonyl (C=O) groups excluding carboxylic acids is 1. The van der Waals surface area contributed by atoms with Gasteiger partial charge in [0, 0.05) is 24.5 Å². The van der Waals surface area contributed by atoms with Crippen molar-refractivity contribution in [3.63, 3.8) is 0 Å². The summed E-state index contributed by atoms with van der Waals surface area (Å²) in [6, 6.07) is 20.1. The van der Waals surface area contributed by atoms with Gasteiger partial charge in [-0.1, -0.05) is 42.5 Å². The molecule has 0 bridgehead atoms. The maximum absolute atomic E-state index is 13.5. The first kappa shape index (κ1) is 24.9. The van der Waals surface area contributed by atoms with Gasteiger partial charge in [-0.3, -0.25) is 9.20 Å². The number of nitrogens with zero attached hydrogens (tertiary/aromatic N) is 4. The van der Waals surface area contributed by atoms with Crippen LogP contribution in [0.3, 0.4) is 0 Å². The minimum Gasteiger partial charge on any atom is -0.355 e. The van der Waals surface area contributed by atoms with E-state index in [0.29, 0.717) is 47.2 Å². The zero-order valence-corrected chi connectivity index (χ0v) is 20.3. The molecule has 0 saturated heterocycles. The van der Waals surface area contributed by atoms with E-state index >= 15 is 0 Å². The first-order valence-electron chi connectivity index (χ1n) is 11.8. The summed E-state index contributed by atoms with van der Waals surface area (Å²) in [7, 11) is 0. The van der Waals surface area contributed by atoms with E-state index in [9.17, 15) is 18.0 Å². The van der Waals surface area contributed by atoms with Crippen molar-refractivity contribution in [3.8, 4) is 22.6 Å². The Hall–Kier alpha value is -4.73. The molecule has 38 heavy (non-hydrogen) atoms. The number of nitrogens with one attached hydrogen (secondary N) is 2. The van der Waals surface area contributed by atoms with E-state index in [-0.39, 0.29) is 6.04 Å². The number of carbonyl (C=O) groups is 1. The van der Waals surface area contributed by atoms with Gasteiger partial charge in [-0.05, 0) is 48.4 Å². The lowest BCUT2D eigenvalue weighted by atomic mass is 10.0. The van der Waals surface area contributed by atoms with Crippen LogP contribution in [0, 0.1) is 0 Å². The van der Waals surface area contributed by atoms with Gasteiger partial charge in [0.2, 0.25) is 12.4 Å². The van der Waals surface area contributed by atoms with Crippen molar-refractivity contribution >= 4 is 18.0 Å². The summed E-state index contributed by atoms with van der Waals surface area (Å²) in [6.07, 6.45) is -0.540. The van der Waals surface area contributed by atoms with Gasteiger partial charge < -0.3 is 10.6 Å². The third-order valence-electron chi connectivity index (χ3n) is 6.09. The normalized spacial score (nSPS) is 12.3. The number of alkyl halides is 3. The highest BCUT2D eigenvalue weighted by atomic mass is 19.4. The predicted molar refractivity (Wildman–Crippen MR) is 138 cm³/mol. The smallest absolute Gasteiger partial charge is 0.355 e. The summed E-state index contributed by atoms with van der Waals surface area (Å²) in [5.41, 5.74) is 3.23. The fourth-order valence-corrected chi connectivity index (χ4v) is 4.22. The zero-order valence-electron chi connectivity index (χ0n) is 20.3. The van der Waals surface area contributed by atoms with Crippen molar-refractivity contribution in [2.45, 2.75) is 25.7 Å². The van der Waals surface area contributed by atoms with Crippen LogP contribution in [0.5, 0.6) is 0 Å². The third-order valence-corrected chi connectivity index (χ3v) is 6.09. The molecular weight excluding hydrogens is 493 g/mol. The van der Waals surface area contributed by atoms with Gasteiger partial charge in [-0.15, -0.1) is 0 Å². The molecule has 1 amide bonds. The second kappa shape index (κ2) is 10.3. The van der Waals surface area contributed by atoms with E-state index in [1.54, 1.807) is 35.0 Å². The second-order valence-corrected chi connectivity index (χ2v) is 8.69. The van der Waals surface area contributed by atoms with Gasteiger partial charge in [0.05, 0.1) is 28.7 Å². The Labute approximate surface area is 216 Å². The van der Waals surface area contributed by atoms with Gasteiger partial charge in [-0.25, -0.2) is 15.0 Å². The van der Waals surface area contributed by atoms with Crippen molar-refractivity contribution in [2.24, 2.45) is 0 Å². The number of imidazole rings is 1. The average molecular weight is 517 g/mol. The van der Waals surface area contributed by atoms with Crippen LogP contribution >= 0.6 is 0 Å². The number of fused-ring (bicyclic) bond motifs is 1. The first-order chi connectivity index (χ1) is 18.3. The molecule has 2 N–H and O–H groups in total. The van der Waals surface area contributed by atoms with E-state index in [2.05, 4.69) is 20.6 Å². The molecule has 10 heteroatoms. The average Bonchev–Trinajstić information content (AvgIpc) is 3.31. The number of benzene rings is 2. The van der Waals surface area contributed by atoms with Crippen LogP contribution < -0.4 is 10.6 Å². The Morgan fingerprint density at radius 1 is 1.00 bits per heavy atom. The van der Waals surface area contributed by atoms with E-state index < -0.39 is 11.7 Å². The molecule has 7 nitrogen and oxygen atoms in total. The van der Waals surface area contributed by atoms with Crippen LogP contribution in [0.15, 0.2) is 85.2 Å². The fraction of sp³-hybridized carbons (Fsp3) is 0.143. The van der Waals surface area contributed by atoms with Gasteiger partial charge >= 0.3 is 6.18 Å². The largest absolute Gasteiger partial charge is 0.416 e. The molecule has 5 aromatic rings. The highest BCUT2D eigenvalue weighted by Gasteiger charge is 2.31. The van der Waals surface area contributed by atoms with E-state index in [4.69, 9.17) is 4.98 Å². The van der Waals surface area contributed by atoms with E-state index in [1.807, 2.05) is 43.3 Å². The number of hydrogen-bond donors (Lipinski definition) is 2. The highest BCUT2D eigenvalue weighted by molar-refractivity contribution is 5.81. The van der Waals surface area contributed by atoms with Gasteiger partial charge in [-0.2, -0.15) is 13.2 Å². The number of hydrogen-bond acceptors (Lipinski definition) is 5. The van der Waals surface area contributed by atoms with Gasteiger partial charge in [0.15, 0.2) is 0 Å². The van der Waals surface area contributed by atoms with Crippen LogP contribution in [-0.2, 0) is 17.5 Å². The Balaban J connectivity index is 1.62. The zero-order chi connectivity index (χ0) is 26.7. The number of anilines is 1. The Bertz CT molecular complexity index is 1580. The van der Waals surface area contributed by atoms with Gasteiger partial charge in [0.25, 0.3) is 0 Å². The molecule has 0 spiro atoms. The molecule has 3 heterocycles. The second-order valence-electron chi connectivity index (χ2n) is 8.69. The SMILES string of the molecule is C[C@H](Nc1nccc(-c2c(-c3cccc(C(F)(F)F)c3)nc3cc(CNC=O)ccn23)n1)c1ccccc1. The van der Waals surface area contributed by atoms with Crippen molar-refractivity contribution in [1.82, 2.24) is 24.7 Å². The molecule has 5 rings (SSSR count). The Morgan fingerprint density at radius 2 is 1.82 bits per heavy atom. The molecule has 192 valence electrons. The first-order valence-corrected chi connectivity index (χ1v) is 11.8. The molecule has 0 unspecified atom stereocenters. The van der Waals surface area contributed by atoms with Crippen molar-refractivity contribution in [2.75, 3.05) is 5.32 Å². The predicted octanol–water partition coefficient (Wildman–Crippen LogP) is 5.90. The summed E-state index contributed by atoms with van der Waals surface area (Å²) in [4.78, 5) is 24.5. The van der Waals surface area contributed by atoms with Crippen LogP contribution in [0.1, 0.15) is 29.7 Å². The van der Waals surface area contributed by atoms with Crippen molar-refractivity contribution in [3.05, 3.63) is 102 Å². The van der Waals surface area contributed by atoms with Crippen LogP contribution in [0.25, 0.3) is 28.3 Å². The molecular formula is C28H23F3N6O. The Morgan fingerprint density at radius 3 is 2.58 bits per heavy atom. The van der Waals surface area contributed by atoms with E-state index in [1.165, 1.54) is 6.07 Å². The maximum atomic E-state index is 13.5. The number of aromatic nitrogens is 4. The molecule has 0 fully saturated rings. The number of rotatable bonds is 8. The quantitative estimate of drug-likeness (QED) is 0.251. The minimum atomic E-state index is -4.50. The molecule has 0 aliphatic carbocycles. The van der Waals surface area contributed by atoms with Gasteiger partial charge in [0.1, 0.15) is 5.65 Å². The standard InChI is InChI=1S/C28H23F3N6O/c1-18(20-6-3-2-4-7-20)34-27-33-12-10-23(35-27)26-25(21-8-5-9-22(15-21)28(29,30)31)36-24-14-19(16-32-17-38)11-13-37(24)26/h2-15,17-18H,16H2,1H3,(H,32,38)(H,33,34,35)/t18-/m0/s1. The molecule has 0 aliphatic rings. The number of amides is 1. The summed E-state index contributed by atoms with van der Waals surface area (Å²) in [5.74, 6) is 0.371. The molecule has 2 aromatic carbocycles. The summed E-state index contributed by atoms with van der Waals surface area (Å²) in [5, 5.41) is 5.89. The van der Waals surface area contributed by atoms with Crippen molar-refractivity contribution < 1.29 is 18.0 Å². The monoisotopic (exact) mass is 516 g/mol. The lowest BCUT2D eigenvalue weighted by Gasteiger charge is -2.15. The highest BCUT2D eigenvalue weighted by Crippen LogP contribution is 2.36. The lowest BCUT2D eigenvalue weighted by molar-refractivity contribution is -0.137. The number of halogens is 3. The molecule has 0 saturated carbocycles. The topological polar surface area (TPSA) is 84.2 Å². The summed E-state index contributed by atoms with van der Waals surface area (Å²) in [6.45, 7) is 2.28. The number of pyridine rings is 1. The maximum Gasteiger partial charge on any atom is 0.416 e. The lowest BCUT2D eigenvalue weighted by Crippen LogP contribution is -2.10. The molecule has 0 radical (unpaired) electrons. The van der Waals surface area contributed by atoms with E-state index in [0.717, 1.165) is 23.3 Å². The van der Waals surface area contributed by atoms with Crippen LogP contribution in [0.4, 0.5) is 19.1 Å². The summed E-state index contributed by atoms with van der Waals surface area (Å²) >= 11 is 0.